The van der Waals surface area contributed by atoms with Crippen LogP contribution < -0.4 is 15.8 Å². The first-order valence-corrected chi connectivity index (χ1v) is 10.8. The number of nitrogens with one attached hydrogen (secondary N) is 3. The number of hydrogen-bond acceptors (Lipinski definition) is 6. The van der Waals surface area contributed by atoms with Gasteiger partial charge in [-0.1, -0.05) is 11.6 Å². The van der Waals surface area contributed by atoms with Gasteiger partial charge in [-0.2, -0.15) is 0 Å². The highest BCUT2D eigenvalue weighted by molar-refractivity contribution is 6.09. The highest BCUT2D eigenvalue weighted by Gasteiger charge is 2.22. The highest BCUT2D eigenvalue weighted by Crippen LogP contribution is 2.36. The van der Waals surface area contributed by atoms with Crippen LogP contribution in [0.3, 0.4) is 0 Å². The molecule has 7 nitrogen and oxygen atoms in total. The van der Waals surface area contributed by atoms with E-state index in [0.717, 1.165) is 36.2 Å². The minimum Gasteiger partial charge on any atom is -0.497 e. The summed E-state index contributed by atoms with van der Waals surface area (Å²) < 4.78 is 33.3. The quantitative estimate of drug-likeness (QED) is 0.288. The van der Waals surface area contributed by atoms with Crippen molar-refractivity contribution >= 4 is 23.4 Å². The second-order valence-corrected chi connectivity index (χ2v) is 8.30. The van der Waals surface area contributed by atoms with Gasteiger partial charge in [0, 0.05) is 24.4 Å². The van der Waals surface area contributed by atoms with E-state index in [9.17, 15) is 8.78 Å². The SMILES string of the molecule is COc1cc(F)c(C(=N)/C=C\c2cnc(Nc3cnccc3[C@@H]3CC(C)=C[C@H](N)C3)[nH]2)c(F)c1. The summed E-state index contributed by atoms with van der Waals surface area (Å²) in [4.78, 5) is 11.6. The monoisotopic (exact) mass is 464 g/mol. The summed E-state index contributed by atoms with van der Waals surface area (Å²) >= 11 is 0. The van der Waals surface area contributed by atoms with E-state index in [1.165, 1.54) is 24.8 Å². The molecule has 1 aliphatic carbocycles. The third kappa shape index (κ3) is 5.20. The van der Waals surface area contributed by atoms with Crippen molar-refractivity contribution in [1.82, 2.24) is 15.0 Å². The van der Waals surface area contributed by atoms with Gasteiger partial charge in [0.2, 0.25) is 5.95 Å². The zero-order valence-electron chi connectivity index (χ0n) is 18.9. The van der Waals surface area contributed by atoms with Gasteiger partial charge in [0.15, 0.2) is 0 Å². The molecule has 0 amide bonds. The Morgan fingerprint density at radius 3 is 2.76 bits per heavy atom. The zero-order chi connectivity index (χ0) is 24.2. The zero-order valence-corrected chi connectivity index (χ0v) is 18.9. The Balaban J connectivity index is 1.49. The Labute approximate surface area is 196 Å². The lowest BCUT2D eigenvalue weighted by atomic mass is 9.82. The summed E-state index contributed by atoms with van der Waals surface area (Å²) in [5.74, 6) is -0.926. The number of anilines is 2. The number of H-pyrrole nitrogens is 1. The van der Waals surface area contributed by atoms with Crippen LogP contribution in [0.25, 0.3) is 6.08 Å². The van der Waals surface area contributed by atoms with Crippen LogP contribution in [0.1, 0.15) is 42.5 Å². The topological polar surface area (TPSA) is 113 Å². The van der Waals surface area contributed by atoms with E-state index >= 15 is 0 Å². The predicted molar refractivity (Wildman–Crippen MR) is 129 cm³/mol. The Bertz CT molecular complexity index is 1240. The fourth-order valence-corrected chi connectivity index (χ4v) is 4.20. The van der Waals surface area contributed by atoms with E-state index in [1.807, 2.05) is 6.07 Å². The molecule has 0 aliphatic heterocycles. The van der Waals surface area contributed by atoms with Gasteiger partial charge in [-0.05, 0) is 49.5 Å². The van der Waals surface area contributed by atoms with Gasteiger partial charge in [-0.3, -0.25) is 4.98 Å². The third-order valence-corrected chi connectivity index (χ3v) is 5.72. The van der Waals surface area contributed by atoms with Crippen LogP contribution >= 0.6 is 0 Å². The summed E-state index contributed by atoms with van der Waals surface area (Å²) in [6.45, 7) is 2.09. The molecule has 0 saturated heterocycles. The van der Waals surface area contributed by atoms with Crippen molar-refractivity contribution in [3.8, 4) is 5.75 Å². The molecular weight excluding hydrogens is 438 g/mol. The number of hydrogen-bond donors (Lipinski definition) is 4. The minimum absolute atomic E-state index is 0.0239. The van der Waals surface area contributed by atoms with Crippen molar-refractivity contribution < 1.29 is 13.5 Å². The molecule has 1 aromatic carbocycles. The van der Waals surface area contributed by atoms with Crippen LogP contribution in [0.2, 0.25) is 0 Å². The van der Waals surface area contributed by atoms with Gasteiger partial charge in [-0.15, -0.1) is 0 Å². The number of pyridine rings is 1. The first kappa shape index (κ1) is 23.3. The minimum atomic E-state index is -0.866. The Morgan fingerprint density at radius 1 is 1.29 bits per heavy atom. The molecule has 34 heavy (non-hydrogen) atoms. The fourth-order valence-electron chi connectivity index (χ4n) is 4.20. The second-order valence-electron chi connectivity index (χ2n) is 8.30. The maximum atomic E-state index is 14.2. The van der Waals surface area contributed by atoms with E-state index in [2.05, 4.69) is 33.3 Å². The lowest BCUT2D eigenvalue weighted by Gasteiger charge is -2.27. The van der Waals surface area contributed by atoms with E-state index in [1.54, 1.807) is 18.6 Å². The molecule has 0 fully saturated rings. The third-order valence-electron chi connectivity index (χ3n) is 5.72. The number of benzene rings is 1. The van der Waals surface area contributed by atoms with Gasteiger partial charge in [0.25, 0.3) is 0 Å². The smallest absolute Gasteiger partial charge is 0.205 e. The van der Waals surface area contributed by atoms with Gasteiger partial charge in [0.05, 0.1) is 42.2 Å². The summed E-state index contributed by atoms with van der Waals surface area (Å²) in [7, 11) is 1.32. The number of methoxy groups -OCH3 is 1. The van der Waals surface area contributed by atoms with Crippen molar-refractivity contribution in [2.24, 2.45) is 5.73 Å². The second kappa shape index (κ2) is 9.96. The number of allylic oxidation sites excluding steroid dienone is 2. The molecule has 0 saturated carbocycles. The number of nitrogens with two attached hydrogens (primary N) is 1. The number of ether oxygens (including phenoxy) is 1. The van der Waals surface area contributed by atoms with Crippen molar-refractivity contribution in [3.63, 3.8) is 0 Å². The Morgan fingerprint density at radius 2 is 2.06 bits per heavy atom. The molecule has 3 aromatic rings. The molecule has 0 spiro atoms. The highest BCUT2D eigenvalue weighted by atomic mass is 19.1. The van der Waals surface area contributed by atoms with Crippen LogP contribution in [0.5, 0.6) is 5.75 Å². The van der Waals surface area contributed by atoms with Crippen LogP contribution in [0, 0.1) is 17.0 Å². The molecule has 176 valence electrons. The maximum absolute atomic E-state index is 14.2. The van der Waals surface area contributed by atoms with E-state index < -0.39 is 17.2 Å². The van der Waals surface area contributed by atoms with Crippen molar-refractivity contribution in [3.05, 3.63) is 83.0 Å². The van der Waals surface area contributed by atoms with Gasteiger partial charge < -0.3 is 26.2 Å². The number of aromatic amines is 1. The number of nitrogens with zero attached hydrogens (tertiary/aromatic N) is 2. The van der Waals surface area contributed by atoms with Crippen molar-refractivity contribution in [2.75, 3.05) is 12.4 Å². The van der Waals surface area contributed by atoms with Crippen LogP contribution in [0.15, 0.2) is 54.5 Å². The average Bonchev–Trinajstić information content (AvgIpc) is 3.24. The lowest BCUT2D eigenvalue weighted by Crippen LogP contribution is -2.25. The molecule has 9 heteroatoms. The standard InChI is InChI=1S/C25H26F2N6O/c1-14-7-15(9-16(28)8-14)19-5-6-30-13-23(19)33-25-31-12-17(32-25)3-4-22(29)24-20(26)10-18(34-2)11-21(24)27/h3-6,8,10-13,15-16,29H,7,9,28H2,1-2H3,(H2,31,32,33)/b4-3-,29-22?/t15-,16+/m1/s1. The molecule has 5 N–H and O–H groups in total. The van der Waals surface area contributed by atoms with E-state index in [-0.39, 0.29) is 23.4 Å². The maximum Gasteiger partial charge on any atom is 0.205 e. The van der Waals surface area contributed by atoms with Gasteiger partial charge in [0.1, 0.15) is 17.4 Å². The molecular formula is C25H26F2N6O. The average molecular weight is 465 g/mol. The summed E-state index contributed by atoms with van der Waals surface area (Å²) in [6.07, 6.45) is 11.8. The van der Waals surface area contributed by atoms with Crippen LogP contribution in [-0.2, 0) is 0 Å². The van der Waals surface area contributed by atoms with Crippen LogP contribution in [0.4, 0.5) is 20.4 Å². The number of aromatic nitrogens is 3. The predicted octanol–water partition coefficient (Wildman–Crippen LogP) is 5.07. The molecule has 1 aliphatic rings. The Kier molecular flexibility index (Phi) is 6.83. The number of rotatable bonds is 7. The molecule has 0 bridgehead atoms. The first-order chi connectivity index (χ1) is 16.3. The van der Waals surface area contributed by atoms with Crippen molar-refractivity contribution in [2.45, 2.75) is 31.7 Å². The molecule has 0 radical (unpaired) electrons. The van der Waals surface area contributed by atoms with Gasteiger partial charge >= 0.3 is 0 Å². The summed E-state index contributed by atoms with van der Waals surface area (Å²) in [6, 6.07) is 4.10. The molecule has 2 atom stereocenters. The Hall–Kier alpha value is -3.85. The van der Waals surface area contributed by atoms with E-state index in [4.69, 9.17) is 15.9 Å². The molecule has 4 rings (SSSR count). The number of halogens is 2. The molecule has 2 aromatic heterocycles. The lowest BCUT2D eigenvalue weighted by molar-refractivity contribution is 0.406. The van der Waals surface area contributed by atoms with Crippen molar-refractivity contribution in [1.29, 1.82) is 5.41 Å². The fraction of sp³-hybridized carbons (Fsp3) is 0.240. The molecule has 0 unspecified atom stereocenters. The van der Waals surface area contributed by atoms with E-state index in [0.29, 0.717) is 11.6 Å². The molecule has 2 heterocycles. The largest absolute Gasteiger partial charge is 0.497 e. The van der Waals surface area contributed by atoms with Crippen LogP contribution in [-0.4, -0.2) is 33.8 Å². The first-order valence-electron chi connectivity index (χ1n) is 10.8. The summed E-state index contributed by atoms with van der Waals surface area (Å²) in [5, 5.41) is 11.3. The normalized spacial score (nSPS) is 18.1. The summed E-state index contributed by atoms with van der Waals surface area (Å²) in [5.41, 5.74) is 9.21. The number of imidazole rings is 1. The van der Waals surface area contributed by atoms with Gasteiger partial charge in [-0.25, -0.2) is 13.8 Å².